The molecule has 0 aliphatic carbocycles. The zero-order valence-electron chi connectivity index (χ0n) is 14.1. The Morgan fingerprint density at radius 1 is 1.29 bits per heavy atom. The molecule has 0 aromatic heterocycles. The molecule has 1 amide bonds. The normalized spacial score (nSPS) is 17.8. The second kappa shape index (κ2) is 9.39. The van der Waals surface area contributed by atoms with Crippen molar-refractivity contribution in [1.82, 2.24) is 5.32 Å². The number of benzene rings is 1. The van der Waals surface area contributed by atoms with Gasteiger partial charge in [-0.25, -0.2) is 0 Å². The van der Waals surface area contributed by atoms with Crippen LogP contribution in [0.4, 0.5) is 0 Å². The van der Waals surface area contributed by atoms with E-state index in [2.05, 4.69) is 5.32 Å². The monoisotopic (exact) mass is 334 g/mol. The van der Waals surface area contributed by atoms with E-state index in [-0.39, 0.29) is 24.3 Å². The zero-order valence-corrected chi connectivity index (χ0v) is 14.1. The van der Waals surface area contributed by atoms with E-state index in [1.165, 1.54) is 0 Å². The molecular formula is C18H26N2O4. The molecule has 1 heterocycles. The quantitative estimate of drug-likeness (QED) is 0.731. The van der Waals surface area contributed by atoms with Gasteiger partial charge in [-0.3, -0.25) is 9.59 Å². The third-order valence-corrected chi connectivity index (χ3v) is 4.33. The minimum absolute atomic E-state index is 0.122. The summed E-state index contributed by atoms with van der Waals surface area (Å²) in [7, 11) is 0. The van der Waals surface area contributed by atoms with Crippen LogP contribution in [0.5, 0.6) is 0 Å². The Bertz CT molecular complexity index is 529. The van der Waals surface area contributed by atoms with Gasteiger partial charge in [-0.05, 0) is 31.2 Å². The number of esters is 1. The Morgan fingerprint density at radius 2 is 1.96 bits per heavy atom. The average molecular weight is 334 g/mol. The van der Waals surface area contributed by atoms with Gasteiger partial charge < -0.3 is 20.5 Å². The summed E-state index contributed by atoms with van der Waals surface area (Å²) in [6, 6.07) is 8.73. The van der Waals surface area contributed by atoms with Crippen LogP contribution in [-0.4, -0.2) is 44.3 Å². The molecule has 3 N–H and O–H groups in total. The summed E-state index contributed by atoms with van der Waals surface area (Å²) in [5.74, 6) is -0.982. The molecule has 6 heteroatoms. The Labute approximate surface area is 142 Å². The Kier molecular flexibility index (Phi) is 7.21. The molecule has 0 radical (unpaired) electrons. The molecule has 1 aliphatic heterocycles. The van der Waals surface area contributed by atoms with Gasteiger partial charge in [-0.2, -0.15) is 0 Å². The largest absolute Gasteiger partial charge is 0.465 e. The van der Waals surface area contributed by atoms with Crippen LogP contribution in [0.3, 0.4) is 0 Å². The lowest BCUT2D eigenvalue weighted by atomic mass is 9.91. The first-order chi connectivity index (χ1) is 11.6. The van der Waals surface area contributed by atoms with Crippen molar-refractivity contribution in [3.05, 3.63) is 35.9 Å². The molecule has 1 aromatic carbocycles. The average Bonchev–Trinajstić information content (AvgIpc) is 2.63. The van der Waals surface area contributed by atoms with Crippen LogP contribution < -0.4 is 11.1 Å². The van der Waals surface area contributed by atoms with Gasteiger partial charge >= 0.3 is 5.97 Å². The van der Waals surface area contributed by atoms with E-state index in [0.29, 0.717) is 19.8 Å². The van der Waals surface area contributed by atoms with Crippen LogP contribution in [0.2, 0.25) is 0 Å². The summed E-state index contributed by atoms with van der Waals surface area (Å²) < 4.78 is 10.4. The van der Waals surface area contributed by atoms with Crippen molar-refractivity contribution in [3.63, 3.8) is 0 Å². The number of hydrogen-bond donors (Lipinski definition) is 2. The fourth-order valence-electron chi connectivity index (χ4n) is 2.87. The van der Waals surface area contributed by atoms with Gasteiger partial charge in [0.2, 0.25) is 5.91 Å². The fourth-order valence-corrected chi connectivity index (χ4v) is 2.87. The first-order valence-electron chi connectivity index (χ1n) is 8.46. The summed E-state index contributed by atoms with van der Waals surface area (Å²) in [6.07, 6.45) is 1.57. The smallest absolute Gasteiger partial charge is 0.315 e. The molecule has 0 spiro atoms. The minimum Gasteiger partial charge on any atom is -0.465 e. The number of hydrogen-bond acceptors (Lipinski definition) is 5. The molecule has 2 rings (SSSR count). The van der Waals surface area contributed by atoms with Gasteiger partial charge in [0, 0.05) is 19.8 Å². The molecule has 1 fully saturated rings. The summed E-state index contributed by atoms with van der Waals surface area (Å²) >= 11 is 0. The maximum absolute atomic E-state index is 12.3. The van der Waals surface area contributed by atoms with E-state index < -0.39 is 12.0 Å². The van der Waals surface area contributed by atoms with Crippen molar-refractivity contribution in [2.45, 2.75) is 31.7 Å². The number of nitrogens with two attached hydrogens (primary N) is 1. The first kappa shape index (κ1) is 18.4. The predicted molar refractivity (Wildman–Crippen MR) is 90.3 cm³/mol. The molecule has 24 heavy (non-hydrogen) atoms. The minimum atomic E-state index is -0.576. The van der Waals surface area contributed by atoms with Crippen LogP contribution in [0, 0.1) is 5.92 Å². The number of amides is 1. The van der Waals surface area contributed by atoms with Gasteiger partial charge in [-0.15, -0.1) is 0 Å². The van der Waals surface area contributed by atoms with Crippen molar-refractivity contribution in [3.8, 4) is 0 Å². The van der Waals surface area contributed by atoms with Gasteiger partial charge in [0.05, 0.1) is 18.6 Å². The summed E-state index contributed by atoms with van der Waals surface area (Å²) in [6.45, 7) is 3.53. The number of carbonyl (C=O) groups excluding carboxylic acids is 2. The van der Waals surface area contributed by atoms with E-state index in [1.807, 2.05) is 30.3 Å². The van der Waals surface area contributed by atoms with Gasteiger partial charge in [0.15, 0.2) is 0 Å². The van der Waals surface area contributed by atoms with Crippen molar-refractivity contribution >= 4 is 11.9 Å². The zero-order chi connectivity index (χ0) is 17.4. The van der Waals surface area contributed by atoms with Crippen LogP contribution in [0.1, 0.15) is 31.2 Å². The van der Waals surface area contributed by atoms with E-state index in [9.17, 15) is 9.59 Å². The molecular weight excluding hydrogens is 308 g/mol. The Morgan fingerprint density at radius 3 is 2.58 bits per heavy atom. The van der Waals surface area contributed by atoms with Crippen LogP contribution in [0.15, 0.2) is 30.3 Å². The van der Waals surface area contributed by atoms with Crippen molar-refractivity contribution in [2.75, 3.05) is 26.4 Å². The number of ether oxygens (including phenoxy) is 2. The van der Waals surface area contributed by atoms with Gasteiger partial charge in [-0.1, -0.05) is 30.3 Å². The predicted octanol–water partition coefficient (Wildman–Crippen LogP) is 1.20. The molecule has 1 saturated heterocycles. The van der Waals surface area contributed by atoms with E-state index in [4.69, 9.17) is 15.2 Å². The lowest BCUT2D eigenvalue weighted by Gasteiger charge is -2.27. The highest BCUT2D eigenvalue weighted by Gasteiger charge is 2.28. The van der Waals surface area contributed by atoms with Crippen LogP contribution in [0.25, 0.3) is 0 Å². The molecule has 1 aliphatic rings. The van der Waals surface area contributed by atoms with E-state index >= 15 is 0 Å². The summed E-state index contributed by atoms with van der Waals surface area (Å²) in [5, 5.41) is 2.81. The number of nitrogens with one attached hydrogen (secondary N) is 1. The lowest BCUT2D eigenvalue weighted by molar-refractivity contribution is -0.144. The number of rotatable bonds is 7. The Hall–Kier alpha value is -1.92. The third-order valence-electron chi connectivity index (χ3n) is 4.33. The molecule has 2 atom stereocenters. The van der Waals surface area contributed by atoms with Crippen molar-refractivity contribution < 1.29 is 19.1 Å². The lowest BCUT2D eigenvalue weighted by Crippen LogP contribution is -2.48. The third kappa shape index (κ3) is 5.04. The summed E-state index contributed by atoms with van der Waals surface area (Å²) in [5.41, 5.74) is 6.88. The SMILES string of the molecule is CCOC(=O)C(CNC(=O)C(N)C1CCOCC1)c1ccccc1. The molecule has 2 unspecified atom stereocenters. The maximum atomic E-state index is 12.3. The molecule has 1 aromatic rings. The van der Waals surface area contributed by atoms with E-state index in [0.717, 1.165) is 18.4 Å². The topological polar surface area (TPSA) is 90.7 Å². The molecule has 132 valence electrons. The number of carbonyl (C=O) groups is 2. The molecule has 0 saturated carbocycles. The van der Waals surface area contributed by atoms with Crippen molar-refractivity contribution in [1.29, 1.82) is 0 Å². The molecule has 6 nitrogen and oxygen atoms in total. The highest BCUT2D eigenvalue weighted by atomic mass is 16.5. The highest BCUT2D eigenvalue weighted by Crippen LogP contribution is 2.19. The Balaban J connectivity index is 1.96. The van der Waals surface area contributed by atoms with Crippen LogP contribution >= 0.6 is 0 Å². The molecule has 0 bridgehead atoms. The second-order valence-electron chi connectivity index (χ2n) is 5.94. The highest BCUT2D eigenvalue weighted by molar-refractivity contribution is 5.84. The first-order valence-corrected chi connectivity index (χ1v) is 8.46. The standard InChI is InChI=1S/C18H26N2O4/c1-2-24-18(22)15(13-6-4-3-5-7-13)12-20-17(21)16(19)14-8-10-23-11-9-14/h3-7,14-16H,2,8-12,19H2,1H3,(H,20,21). The second-order valence-corrected chi connectivity index (χ2v) is 5.94. The van der Waals surface area contributed by atoms with Crippen LogP contribution in [-0.2, 0) is 19.1 Å². The van der Waals surface area contributed by atoms with Crippen molar-refractivity contribution in [2.24, 2.45) is 11.7 Å². The fraction of sp³-hybridized carbons (Fsp3) is 0.556. The van der Waals surface area contributed by atoms with Gasteiger partial charge in [0.25, 0.3) is 0 Å². The summed E-state index contributed by atoms with van der Waals surface area (Å²) in [4.78, 5) is 24.5. The van der Waals surface area contributed by atoms with E-state index in [1.54, 1.807) is 6.92 Å². The van der Waals surface area contributed by atoms with Gasteiger partial charge in [0.1, 0.15) is 0 Å². The maximum Gasteiger partial charge on any atom is 0.315 e.